The first-order valence-corrected chi connectivity index (χ1v) is 11.4. The molecule has 2 N–H and O–H groups in total. The lowest BCUT2D eigenvalue weighted by atomic mass is 9.87. The fourth-order valence-corrected chi connectivity index (χ4v) is 4.08. The molecule has 3 aromatic rings. The molecule has 0 saturated carbocycles. The van der Waals surface area contributed by atoms with Gasteiger partial charge in [0, 0.05) is 35.5 Å². The van der Waals surface area contributed by atoms with Gasteiger partial charge in [-0.05, 0) is 49.5 Å². The molecule has 4 rings (SSSR count). The molecule has 0 aromatic heterocycles. The number of rotatable bonds is 8. The van der Waals surface area contributed by atoms with Gasteiger partial charge in [-0.2, -0.15) is 0 Å². The number of hydrogen-bond donors (Lipinski definition) is 2. The Balaban J connectivity index is 1.44. The summed E-state index contributed by atoms with van der Waals surface area (Å²) < 4.78 is 5.98. The molecule has 0 fully saturated rings. The molecule has 0 spiro atoms. The fraction of sp³-hybridized carbons (Fsp3) is 0.259. The van der Waals surface area contributed by atoms with Crippen LogP contribution in [-0.4, -0.2) is 42.9 Å². The molecule has 33 heavy (non-hydrogen) atoms. The summed E-state index contributed by atoms with van der Waals surface area (Å²) in [5.41, 5.74) is 2.87. The molecule has 6 heteroatoms. The maximum Gasteiger partial charge on any atom is 0.251 e. The first-order chi connectivity index (χ1) is 16.1. The molecule has 0 radical (unpaired) electrons. The minimum atomic E-state index is -0.478. The number of carbonyl (C=O) groups excluding carboxylic acids is 2. The van der Waals surface area contributed by atoms with Crippen molar-refractivity contribution < 1.29 is 14.3 Å². The van der Waals surface area contributed by atoms with Crippen LogP contribution in [-0.2, 0) is 4.79 Å². The largest absolute Gasteiger partial charge is 0.457 e. The Kier molecular flexibility index (Phi) is 7.05. The van der Waals surface area contributed by atoms with Gasteiger partial charge in [-0.3, -0.25) is 9.59 Å². The number of benzene rings is 3. The van der Waals surface area contributed by atoms with Crippen LogP contribution in [0.4, 0.5) is 5.69 Å². The third kappa shape index (κ3) is 5.07. The van der Waals surface area contributed by atoms with E-state index >= 15 is 0 Å². The Labute approximate surface area is 194 Å². The third-order valence-electron chi connectivity index (χ3n) is 5.96. The fourth-order valence-electron chi connectivity index (χ4n) is 4.08. The van der Waals surface area contributed by atoms with Crippen molar-refractivity contribution in [2.24, 2.45) is 0 Å². The molecule has 0 saturated heterocycles. The number of nitrogens with zero attached hydrogens (tertiary/aromatic N) is 1. The van der Waals surface area contributed by atoms with Gasteiger partial charge in [0.25, 0.3) is 5.91 Å². The lowest BCUT2D eigenvalue weighted by molar-refractivity contribution is -0.116. The van der Waals surface area contributed by atoms with Gasteiger partial charge in [0.1, 0.15) is 11.5 Å². The summed E-state index contributed by atoms with van der Waals surface area (Å²) in [4.78, 5) is 28.0. The van der Waals surface area contributed by atoms with Crippen LogP contribution in [0.15, 0.2) is 72.8 Å². The van der Waals surface area contributed by atoms with Crippen LogP contribution < -0.4 is 15.4 Å². The highest BCUT2D eigenvalue weighted by Crippen LogP contribution is 2.44. The molecule has 6 nitrogen and oxygen atoms in total. The minimum Gasteiger partial charge on any atom is -0.457 e. The first kappa shape index (κ1) is 22.6. The van der Waals surface area contributed by atoms with Gasteiger partial charge in [-0.1, -0.05) is 50.2 Å². The predicted octanol–water partition coefficient (Wildman–Crippen LogP) is 4.63. The second kappa shape index (κ2) is 10.3. The van der Waals surface area contributed by atoms with E-state index in [0.29, 0.717) is 29.3 Å². The number of anilines is 1. The molecule has 2 amide bonds. The number of ether oxygens (including phenoxy) is 1. The Morgan fingerprint density at radius 1 is 0.848 bits per heavy atom. The average molecular weight is 444 g/mol. The summed E-state index contributed by atoms with van der Waals surface area (Å²) in [6, 6.07) is 22.2. The number of likely N-dealkylation sites (N-methyl/N-ethyl adjacent to an activating group) is 1. The number of amides is 2. The van der Waals surface area contributed by atoms with Gasteiger partial charge in [0.15, 0.2) is 0 Å². The number of para-hydroxylation sites is 2. The van der Waals surface area contributed by atoms with E-state index in [9.17, 15) is 9.59 Å². The average Bonchev–Trinajstić information content (AvgIpc) is 2.85. The highest BCUT2D eigenvalue weighted by molar-refractivity contribution is 6.00. The summed E-state index contributed by atoms with van der Waals surface area (Å²) in [6.07, 6.45) is 0. The van der Waals surface area contributed by atoms with E-state index < -0.39 is 5.92 Å². The third-order valence-corrected chi connectivity index (χ3v) is 5.96. The molecular weight excluding hydrogens is 414 g/mol. The zero-order chi connectivity index (χ0) is 23.2. The van der Waals surface area contributed by atoms with Gasteiger partial charge >= 0.3 is 0 Å². The number of nitrogens with one attached hydrogen (secondary N) is 2. The molecule has 1 heterocycles. The van der Waals surface area contributed by atoms with Crippen molar-refractivity contribution in [1.82, 2.24) is 10.2 Å². The van der Waals surface area contributed by atoms with Crippen LogP contribution in [0.1, 0.15) is 41.3 Å². The van der Waals surface area contributed by atoms with Gasteiger partial charge in [-0.25, -0.2) is 0 Å². The van der Waals surface area contributed by atoms with Crippen molar-refractivity contribution in [1.29, 1.82) is 0 Å². The quantitative estimate of drug-likeness (QED) is 0.532. The minimum absolute atomic E-state index is 0.118. The van der Waals surface area contributed by atoms with Gasteiger partial charge in [0.05, 0.1) is 5.92 Å². The zero-order valence-corrected chi connectivity index (χ0v) is 19.0. The molecule has 0 atom stereocenters. The summed E-state index contributed by atoms with van der Waals surface area (Å²) in [6.45, 7) is 7.56. The summed E-state index contributed by atoms with van der Waals surface area (Å²) in [7, 11) is 0. The van der Waals surface area contributed by atoms with E-state index in [0.717, 1.165) is 30.8 Å². The van der Waals surface area contributed by atoms with Crippen molar-refractivity contribution in [3.05, 3.63) is 89.5 Å². The van der Waals surface area contributed by atoms with Crippen LogP contribution in [0.2, 0.25) is 0 Å². The Morgan fingerprint density at radius 3 is 2.00 bits per heavy atom. The standard InChI is InChI=1S/C27H29N3O3/c1-3-30(4-2)18-17-28-26(31)19-13-15-20(16-14-19)29-27(32)25-21-9-5-7-11-23(21)33-24-12-8-6-10-22(24)25/h5-16,25H,3-4,17-18H2,1-2H3,(H,28,31)(H,29,32). The van der Waals surface area contributed by atoms with E-state index in [1.54, 1.807) is 24.3 Å². The molecular formula is C27H29N3O3. The molecule has 0 unspecified atom stereocenters. The Hall–Kier alpha value is -3.64. The predicted molar refractivity (Wildman–Crippen MR) is 130 cm³/mol. The number of hydrogen-bond acceptors (Lipinski definition) is 4. The van der Waals surface area contributed by atoms with E-state index in [-0.39, 0.29) is 11.8 Å². The van der Waals surface area contributed by atoms with E-state index in [4.69, 9.17) is 4.74 Å². The van der Waals surface area contributed by atoms with Crippen molar-refractivity contribution in [2.75, 3.05) is 31.5 Å². The zero-order valence-electron chi connectivity index (χ0n) is 19.0. The molecule has 3 aromatic carbocycles. The summed E-state index contributed by atoms with van der Waals surface area (Å²) in [5.74, 6) is 0.636. The Bertz CT molecular complexity index is 1080. The van der Waals surface area contributed by atoms with Gasteiger partial charge < -0.3 is 20.3 Å². The monoisotopic (exact) mass is 443 g/mol. The molecule has 1 aliphatic rings. The van der Waals surface area contributed by atoms with Crippen molar-refractivity contribution in [3.8, 4) is 11.5 Å². The van der Waals surface area contributed by atoms with Crippen molar-refractivity contribution >= 4 is 17.5 Å². The smallest absolute Gasteiger partial charge is 0.251 e. The summed E-state index contributed by atoms with van der Waals surface area (Å²) >= 11 is 0. The SMILES string of the molecule is CCN(CC)CCNC(=O)c1ccc(NC(=O)C2c3ccccc3Oc3ccccc32)cc1. The van der Waals surface area contributed by atoms with Gasteiger partial charge in [0.2, 0.25) is 5.91 Å². The maximum absolute atomic E-state index is 13.3. The van der Waals surface area contributed by atoms with E-state index in [2.05, 4.69) is 29.4 Å². The lowest BCUT2D eigenvalue weighted by Gasteiger charge is -2.27. The Morgan fingerprint density at radius 2 is 1.42 bits per heavy atom. The van der Waals surface area contributed by atoms with E-state index in [1.807, 2.05) is 48.5 Å². The second-order valence-corrected chi connectivity index (χ2v) is 7.96. The van der Waals surface area contributed by atoms with Gasteiger partial charge in [-0.15, -0.1) is 0 Å². The molecule has 1 aliphatic heterocycles. The van der Waals surface area contributed by atoms with E-state index in [1.165, 1.54) is 0 Å². The van der Waals surface area contributed by atoms with Crippen LogP contribution in [0, 0.1) is 0 Å². The lowest BCUT2D eigenvalue weighted by Crippen LogP contribution is -2.34. The molecule has 170 valence electrons. The summed E-state index contributed by atoms with van der Waals surface area (Å²) in [5, 5.41) is 5.95. The van der Waals surface area contributed by atoms with Crippen LogP contribution in [0.3, 0.4) is 0 Å². The normalized spacial score (nSPS) is 12.5. The maximum atomic E-state index is 13.3. The van der Waals surface area contributed by atoms with Crippen LogP contribution in [0.5, 0.6) is 11.5 Å². The van der Waals surface area contributed by atoms with Crippen LogP contribution in [0.25, 0.3) is 0 Å². The highest BCUT2D eigenvalue weighted by Gasteiger charge is 2.32. The van der Waals surface area contributed by atoms with Crippen LogP contribution >= 0.6 is 0 Å². The highest BCUT2D eigenvalue weighted by atomic mass is 16.5. The van der Waals surface area contributed by atoms with Crippen molar-refractivity contribution in [2.45, 2.75) is 19.8 Å². The topological polar surface area (TPSA) is 70.7 Å². The van der Waals surface area contributed by atoms with Crippen molar-refractivity contribution in [3.63, 3.8) is 0 Å². The number of fused-ring (bicyclic) bond motifs is 2. The first-order valence-electron chi connectivity index (χ1n) is 11.4. The second-order valence-electron chi connectivity index (χ2n) is 7.96. The molecule has 0 aliphatic carbocycles. The molecule has 0 bridgehead atoms. The number of carbonyl (C=O) groups is 2.